The molecule has 6 heteroatoms. The number of rotatable bonds is 5. The maximum absolute atomic E-state index is 11.2. The Kier molecular flexibility index (Phi) is 4.03. The highest BCUT2D eigenvalue weighted by Crippen LogP contribution is 2.16. The Morgan fingerprint density at radius 2 is 2.24 bits per heavy atom. The largest absolute Gasteiger partial charge is 0.481 e. The lowest BCUT2D eigenvalue weighted by molar-refractivity contribution is -0.140. The fourth-order valence-corrected chi connectivity index (χ4v) is 1.47. The first kappa shape index (κ1) is 13.0. The van der Waals surface area contributed by atoms with E-state index in [4.69, 9.17) is 10.8 Å². The van der Waals surface area contributed by atoms with Crippen molar-refractivity contribution >= 4 is 17.7 Å². The highest BCUT2D eigenvalue weighted by Gasteiger charge is 2.18. The number of aliphatic carboxylic acids is 1. The summed E-state index contributed by atoms with van der Waals surface area (Å²) >= 11 is 0. The number of nitrogens with two attached hydrogens (primary N) is 1. The van der Waals surface area contributed by atoms with Crippen molar-refractivity contribution in [1.82, 2.24) is 4.98 Å². The van der Waals surface area contributed by atoms with Gasteiger partial charge in [0.25, 0.3) is 5.91 Å². The minimum absolute atomic E-state index is 0.257. The highest BCUT2D eigenvalue weighted by molar-refractivity contribution is 5.97. The molecule has 1 amide bonds. The van der Waals surface area contributed by atoms with Gasteiger partial charge in [0.2, 0.25) is 0 Å². The lowest BCUT2D eigenvalue weighted by Gasteiger charge is -2.21. The first-order chi connectivity index (χ1) is 7.93. The first-order valence-electron chi connectivity index (χ1n) is 5.12. The number of carbonyl (C=O) groups excluding carboxylic acids is 1. The average Bonchev–Trinajstić information content (AvgIpc) is 2.28. The molecule has 1 unspecified atom stereocenters. The Balaban J connectivity index is 2.92. The van der Waals surface area contributed by atoms with Crippen LogP contribution in [-0.4, -0.2) is 35.6 Å². The van der Waals surface area contributed by atoms with Gasteiger partial charge in [-0.1, -0.05) is 6.92 Å². The zero-order valence-electron chi connectivity index (χ0n) is 9.75. The molecular formula is C11H15N3O3. The number of pyridine rings is 1. The molecule has 0 spiro atoms. The molecule has 0 aromatic carbocycles. The number of carboxylic acid groups (broad SMARTS) is 1. The number of primary amides is 1. The first-order valence-corrected chi connectivity index (χ1v) is 5.12. The normalized spacial score (nSPS) is 11.9. The Hall–Kier alpha value is -2.11. The molecule has 17 heavy (non-hydrogen) atoms. The second kappa shape index (κ2) is 5.29. The third kappa shape index (κ3) is 3.17. The van der Waals surface area contributed by atoms with Crippen LogP contribution in [0.25, 0.3) is 0 Å². The van der Waals surface area contributed by atoms with Crippen LogP contribution in [0.4, 0.5) is 5.82 Å². The van der Waals surface area contributed by atoms with Gasteiger partial charge in [-0.3, -0.25) is 9.59 Å². The minimum Gasteiger partial charge on any atom is -0.481 e. The zero-order valence-corrected chi connectivity index (χ0v) is 9.75. The maximum atomic E-state index is 11.2. The summed E-state index contributed by atoms with van der Waals surface area (Å²) in [5.41, 5.74) is 5.51. The summed E-state index contributed by atoms with van der Waals surface area (Å²) in [6.07, 6.45) is 1.53. The van der Waals surface area contributed by atoms with E-state index in [0.717, 1.165) is 0 Å². The summed E-state index contributed by atoms with van der Waals surface area (Å²) in [5, 5.41) is 8.82. The molecule has 0 aliphatic rings. The standard InChI is InChI=1S/C11H15N3O3/c1-7(11(16)17)6-14(2)10-8(9(12)15)4-3-5-13-10/h3-5,7H,6H2,1-2H3,(H2,12,15)(H,16,17). The van der Waals surface area contributed by atoms with Gasteiger partial charge in [-0.2, -0.15) is 0 Å². The van der Waals surface area contributed by atoms with Crippen molar-refractivity contribution in [2.75, 3.05) is 18.5 Å². The fourth-order valence-electron chi connectivity index (χ4n) is 1.47. The summed E-state index contributed by atoms with van der Waals surface area (Å²) in [6, 6.07) is 3.17. The van der Waals surface area contributed by atoms with E-state index in [2.05, 4.69) is 4.98 Å². The van der Waals surface area contributed by atoms with Gasteiger partial charge in [0, 0.05) is 19.8 Å². The summed E-state index contributed by atoms with van der Waals surface area (Å²) < 4.78 is 0. The Labute approximate surface area is 99.1 Å². The number of hydrogen-bond donors (Lipinski definition) is 2. The van der Waals surface area contributed by atoms with Crippen LogP contribution in [0.3, 0.4) is 0 Å². The number of hydrogen-bond acceptors (Lipinski definition) is 4. The lowest BCUT2D eigenvalue weighted by atomic mass is 10.1. The number of aromatic nitrogens is 1. The Morgan fingerprint density at radius 1 is 1.59 bits per heavy atom. The molecule has 0 bridgehead atoms. The van der Waals surface area contributed by atoms with E-state index in [1.807, 2.05) is 0 Å². The van der Waals surface area contributed by atoms with E-state index < -0.39 is 17.8 Å². The molecule has 0 saturated heterocycles. The molecule has 92 valence electrons. The predicted molar refractivity (Wildman–Crippen MR) is 62.8 cm³/mol. The maximum Gasteiger partial charge on any atom is 0.308 e. The quantitative estimate of drug-likeness (QED) is 0.769. The van der Waals surface area contributed by atoms with Gasteiger partial charge in [-0.15, -0.1) is 0 Å². The molecule has 0 radical (unpaired) electrons. The third-order valence-electron chi connectivity index (χ3n) is 2.38. The van der Waals surface area contributed by atoms with Gasteiger partial charge in [-0.05, 0) is 12.1 Å². The minimum atomic E-state index is -0.895. The van der Waals surface area contributed by atoms with Crippen LogP contribution in [0, 0.1) is 5.92 Å². The lowest BCUT2D eigenvalue weighted by Crippen LogP contribution is -2.30. The van der Waals surface area contributed by atoms with Gasteiger partial charge in [0.15, 0.2) is 0 Å². The van der Waals surface area contributed by atoms with Crippen molar-refractivity contribution < 1.29 is 14.7 Å². The van der Waals surface area contributed by atoms with Crippen LogP contribution in [0.1, 0.15) is 17.3 Å². The average molecular weight is 237 g/mol. The number of carboxylic acids is 1. The predicted octanol–water partition coefficient (Wildman–Crippen LogP) is 0.337. The van der Waals surface area contributed by atoms with Gasteiger partial charge in [-0.25, -0.2) is 4.98 Å². The molecule has 1 atom stereocenters. The van der Waals surface area contributed by atoms with Crippen molar-refractivity contribution in [2.45, 2.75) is 6.92 Å². The fraction of sp³-hybridized carbons (Fsp3) is 0.364. The third-order valence-corrected chi connectivity index (χ3v) is 2.38. The van der Waals surface area contributed by atoms with Gasteiger partial charge in [0.05, 0.1) is 11.5 Å². The summed E-state index contributed by atoms with van der Waals surface area (Å²) in [6.45, 7) is 1.85. The second-order valence-corrected chi connectivity index (χ2v) is 3.86. The molecule has 1 heterocycles. The molecule has 6 nitrogen and oxygen atoms in total. The zero-order chi connectivity index (χ0) is 13.0. The van der Waals surface area contributed by atoms with Crippen LogP contribution in [0.15, 0.2) is 18.3 Å². The number of carbonyl (C=O) groups is 2. The summed E-state index contributed by atoms with van der Waals surface area (Å²) in [4.78, 5) is 27.6. The van der Waals surface area contributed by atoms with Gasteiger partial charge < -0.3 is 15.7 Å². The number of nitrogens with zero attached hydrogens (tertiary/aromatic N) is 2. The molecule has 0 aliphatic heterocycles. The van der Waals surface area contributed by atoms with Crippen LogP contribution in [-0.2, 0) is 4.79 Å². The van der Waals surface area contributed by atoms with Crippen LogP contribution in [0.2, 0.25) is 0 Å². The van der Waals surface area contributed by atoms with E-state index in [1.165, 1.54) is 6.20 Å². The monoisotopic (exact) mass is 237 g/mol. The molecular weight excluding hydrogens is 222 g/mol. The van der Waals surface area contributed by atoms with Crippen molar-refractivity contribution in [2.24, 2.45) is 11.7 Å². The van der Waals surface area contributed by atoms with Crippen LogP contribution >= 0.6 is 0 Å². The van der Waals surface area contributed by atoms with E-state index in [0.29, 0.717) is 5.82 Å². The molecule has 0 fully saturated rings. The van der Waals surface area contributed by atoms with Gasteiger partial charge in [0.1, 0.15) is 5.82 Å². The van der Waals surface area contributed by atoms with E-state index in [-0.39, 0.29) is 12.1 Å². The van der Waals surface area contributed by atoms with Crippen LogP contribution < -0.4 is 10.6 Å². The Bertz CT molecular complexity index is 434. The molecule has 1 aromatic rings. The summed E-state index contributed by atoms with van der Waals surface area (Å²) in [7, 11) is 1.67. The Morgan fingerprint density at radius 3 is 2.76 bits per heavy atom. The van der Waals surface area contributed by atoms with E-state index in [1.54, 1.807) is 31.0 Å². The van der Waals surface area contributed by atoms with Crippen molar-refractivity contribution in [3.05, 3.63) is 23.9 Å². The molecule has 0 saturated carbocycles. The van der Waals surface area contributed by atoms with Crippen molar-refractivity contribution in [3.63, 3.8) is 0 Å². The van der Waals surface area contributed by atoms with E-state index >= 15 is 0 Å². The molecule has 3 N–H and O–H groups in total. The molecule has 1 rings (SSSR count). The topological polar surface area (TPSA) is 96.5 Å². The number of amides is 1. The highest BCUT2D eigenvalue weighted by atomic mass is 16.4. The smallest absolute Gasteiger partial charge is 0.308 e. The van der Waals surface area contributed by atoms with Crippen LogP contribution in [0.5, 0.6) is 0 Å². The van der Waals surface area contributed by atoms with E-state index in [9.17, 15) is 9.59 Å². The SMILES string of the molecule is CC(CN(C)c1ncccc1C(N)=O)C(=O)O. The van der Waals surface area contributed by atoms with Gasteiger partial charge >= 0.3 is 5.97 Å². The second-order valence-electron chi connectivity index (χ2n) is 3.86. The van der Waals surface area contributed by atoms with Crippen molar-refractivity contribution in [1.29, 1.82) is 0 Å². The molecule has 1 aromatic heterocycles. The summed E-state index contributed by atoms with van der Waals surface area (Å²) in [5.74, 6) is -1.63. The number of anilines is 1. The molecule has 0 aliphatic carbocycles. The van der Waals surface area contributed by atoms with Crippen molar-refractivity contribution in [3.8, 4) is 0 Å².